The van der Waals surface area contributed by atoms with E-state index in [-0.39, 0.29) is 23.6 Å². The van der Waals surface area contributed by atoms with E-state index >= 15 is 0 Å². The van der Waals surface area contributed by atoms with E-state index in [9.17, 15) is 14.4 Å². The largest absolute Gasteiger partial charge is 0.497 e. The van der Waals surface area contributed by atoms with Crippen molar-refractivity contribution in [1.82, 2.24) is 9.80 Å². The van der Waals surface area contributed by atoms with Gasteiger partial charge in [-0.15, -0.1) is 0 Å². The fourth-order valence-corrected chi connectivity index (χ4v) is 4.44. The molecule has 0 radical (unpaired) electrons. The molecule has 1 aliphatic heterocycles. The van der Waals surface area contributed by atoms with Crippen LogP contribution in [-0.2, 0) is 4.79 Å². The lowest BCUT2D eigenvalue weighted by Gasteiger charge is -2.37. The second-order valence-electron chi connectivity index (χ2n) is 8.98. The summed E-state index contributed by atoms with van der Waals surface area (Å²) in [5.41, 5.74) is 2.46. The van der Waals surface area contributed by atoms with Crippen LogP contribution < -0.4 is 15.0 Å². The highest BCUT2D eigenvalue weighted by atomic mass is 16.5. The molecule has 1 aliphatic carbocycles. The summed E-state index contributed by atoms with van der Waals surface area (Å²) < 4.78 is 5.16. The maximum absolute atomic E-state index is 13.4. The fourth-order valence-electron chi connectivity index (χ4n) is 4.44. The molecule has 2 fully saturated rings. The number of carbonyl (C=O) groups excluding carboxylic acids is 3. The number of hydrogen-bond acceptors (Lipinski definition) is 5. The summed E-state index contributed by atoms with van der Waals surface area (Å²) in [7, 11) is 1.58. The van der Waals surface area contributed by atoms with Crippen molar-refractivity contribution in [3.8, 4) is 5.75 Å². The molecule has 1 saturated carbocycles. The summed E-state index contributed by atoms with van der Waals surface area (Å²) in [6.07, 6.45) is 2.01. The van der Waals surface area contributed by atoms with Crippen molar-refractivity contribution in [1.29, 1.82) is 0 Å². The van der Waals surface area contributed by atoms with E-state index < -0.39 is 0 Å². The van der Waals surface area contributed by atoms with E-state index in [0.717, 1.165) is 18.5 Å². The van der Waals surface area contributed by atoms with Gasteiger partial charge in [-0.1, -0.05) is 0 Å². The molecule has 0 bridgehead atoms. The lowest BCUT2D eigenvalue weighted by atomic mass is 10.1. The molecule has 0 spiro atoms. The van der Waals surface area contributed by atoms with Gasteiger partial charge in [0.15, 0.2) is 0 Å². The summed E-state index contributed by atoms with van der Waals surface area (Å²) >= 11 is 0. The lowest BCUT2D eigenvalue weighted by Crippen LogP contribution is -2.49. The Hall–Kier alpha value is -3.55. The summed E-state index contributed by atoms with van der Waals surface area (Å²) in [4.78, 5) is 44.6. The molecule has 186 valence electrons. The van der Waals surface area contributed by atoms with E-state index in [1.807, 2.05) is 30.9 Å². The molecule has 4 rings (SSSR count). The number of hydrogen-bond donors (Lipinski definition) is 1. The van der Waals surface area contributed by atoms with Gasteiger partial charge in [-0.3, -0.25) is 14.4 Å². The van der Waals surface area contributed by atoms with Gasteiger partial charge < -0.3 is 24.8 Å². The zero-order chi connectivity index (χ0) is 24.9. The fraction of sp³-hybridized carbons (Fsp3) is 0.444. The average molecular weight is 479 g/mol. The van der Waals surface area contributed by atoms with Crippen LogP contribution in [0.3, 0.4) is 0 Å². The van der Waals surface area contributed by atoms with Gasteiger partial charge in [0, 0.05) is 62.1 Å². The molecule has 2 aromatic rings. The van der Waals surface area contributed by atoms with Gasteiger partial charge in [-0.05, 0) is 69.2 Å². The molecule has 2 aliphatic rings. The van der Waals surface area contributed by atoms with Gasteiger partial charge in [-0.25, -0.2) is 0 Å². The third-order valence-electron chi connectivity index (χ3n) is 6.75. The Balaban J connectivity index is 1.54. The van der Waals surface area contributed by atoms with Crippen molar-refractivity contribution in [2.24, 2.45) is 5.92 Å². The van der Waals surface area contributed by atoms with E-state index in [1.165, 1.54) is 0 Å². The predicted molar refractivity (Wildman–Crippen MR) is 136 cm³/mol. The first-order valence-corrected chi connectivity index (χ1v) is 12.4. The Labute approximate surface area is 206 Å². The highest BCUT2D eigenvalue weighted by molar-refractivity contribution is 6.06. The monoisotopic (exact) mass is 478 g/mol. The molecule has 35 heavy (non-hydrogen) atoms. The molecule has 0 aromatic heterocycles. The highest BCUT2D eigenvalue weighted by Crippen LogP contribution is 2.32. The van der Waals surface area contributed by atoms with Crippen LogP contribution in [0.25, 0.3) is 0 Å². The van der Waals surface area contributed by atoms with E-state index in [4.69, 9.17) is 4.74 Å². The molecule has 3 amide bonds. The van der Waals surface area contributed by atoms with E-state index in [2.05, 4.69) is 10.2 Å². The van der Waals surface area contributed by atoms with Crippen molar-refractivity contribution in [3.63, 3.8) is 0 Å². The minimum Gasteiger partial charge on any atom is -0.497 e. The average Bonchev–Trinajstić information content (AvgIpc) is 3.75. The van der Waals surface area contributed by atoms with Gasteiger partial charge in [0.2, 0.25) is 5.91 Å². The summed E-state index contributed by atoms with van der Waals surface area (Å²) in [6, 6.07) is 12.4. The number of anilines is 2. The van der Waals surface area contributed by atoms with E-state index in [0.29, 0.717) is 61.8 Å². The molecule has 2 aromatic carbocycles. The van der Waals surface area contributed by atoms with Crippen molar-refractivity contribution in [2.75, 3.05) is 56.6 Å². The van der Waals surface area contributed by atoms with Crippen LogP contribution in [0.1, 0.15) is 47.4 Å². The number of methoxy groups -OCH3 is 1. The van der Waals surface area contributed by atoms with Gasteiger partial charge >= 0.3 is 0 Å². The van der Waals surface area contributed by atoms with Crippen molar-refractivity contribution >= 4 is 29.1 Å². The topological polar surface area (TPSA) is 82.2 Å². The number of nitrogens with one attached hydrogen (secondary N) is 1. The Morgan fingerprint density at radius 3 is 2.20 bits per heavy atom. The molecule has 1 heterocycles. The number of amides is 3. The minimum atomic E-state index is -0.256. The summed E-state index contributed by atoms with van der Waals surface area (Å²) in [5, 5.41) is 2.92. The Kier molecular flexibility index (Phi) is 7.58. The van der Waals surface area contributed by atoms with Crippen molar-refractivity contribution < 1.29 is 19.1 Å². The SMILES string of the molecule is CCN(CC)C(=O)c1cc(NC(=O)c2ccc(OC)cc2)ccc1N1CCN(C(=O)C2CC2)CC1. The molecular weight excluding hydrogens is 444 g/mol. The van der Waals surface area contributed by atoms with Crippen molar-refractivity contribution in [3.05, 3.63) is 53.6 Å². The quantitative estimate of drug-likeness (QED) is 0.628. The molecule has 1 saturated heterocycles. The molecule has 0 unspecified atom stereocenters. The Morgan fingerprint density at radius 1 is 0.971 bits per heavy atom. The number of nitrogens with zero attached hydrogens (tertiary/aromatic N) is 3. The smallest absolute Gasteiger partial charge is 0.256 e. The normalized spacial score (nSPS) is 15.5. The maximum atomic E-state index is 13.4. The second-order valence-corrected chi connectivity index (χ2v) is 8.98. The lowest BCUT2D eigenvalue weighted by molar-refractivity contribution is -0.132. The highest BCUT2D eigenvalue weighted by Gasteiger charge is 2.35. The zero-order valence-corrected chi connectivity index (χ0v) is 20.8. The number of carbonyl (C=O) groups is 3. The number of benzene rings is 2. The molecular formula is C27H34N4O4. The van der Waals surface area contributed by atoms with Crippen LogP contribution in [0.2, 0.25) is 0 Å². The van der Waals surface area contributed by atoms with E-state index in [1.54, 1.807) is 42.3 Å². The van der Waals surface area contributed by atoms with Crippen LogP contribution in [-0.4, -0.2) is 73.9 Å². The van der Waals surface area contributed by atoms with Crippen LogP contribution in [0.4, 0.5) is 11.4 Å². The van der Waals surface area contributed by atoms with Crippen molar-refractivity contribution in [2.45, 2.75) is 26.7 Å². The van der Waals surface area contributed by atoms with Crippen LogP contribution in [0.15, 0.2) is 42.5 Å². The van der Waals surface area contributed by atoms with Crippen LogP contribution in [0.5, 0.6) is 5.75 Å². The third kappa shape index (κ3) is 5.58. The minimum absolute atomic E-state index is 0.0676. The molecule has 1 N–H and O–H groups in total. The predicted octanol–water partition coefficient (Wildman–Crippen LogP) is 3.49. The zero-order valence-electron chi connectivity index (χ0n) is 20.8. The molecule has 8 heteroatoms. The Morgan fingerprint density at radius 2 is 1.63 bits per heavy atom. The van der Waals surface area contributed by atoms with Gasteiger partial charge in [0.1, 0.15) is 5.75 Å². The van der Waals surface area contributed by atoms with Gasteiger partial charge in [0.05, 0.1) is 12.7 Å². The number of rotatable bonds is 8. The summed E-state index contributed by atoms with van der Waals surface area (Å²) in [5.74, 6) is 0.837. The first-order chi connectivity index (χ1) is 16.9. The maximum Gasteiger partial charge on any atom is 0.256 e. The first-order valence-electron chi connectivity index (χ1n) is 12.4. The van der Waals surface area contributed by atoms with Gasteiger partial charge in [0.25, 0.3) is 11.8 Å². The molecule has 0 atom stereocenters. The summed E-state index contributed by atoms with van der Waals surface area (Å²) in [6.45, 7) is 7.77. The van der Waals surface area contributed by atoms with Gasteiger partial charge in [-0.2, -0.15) is 0 Å². The van der Waals surface area contributed by atoms with Crippen LogP contribution in [0, 0.1) is 5.92 Å². The standard InChI is InChI=1S/C27H34N4O4/c1-4-29(5-2)27(34)23-18-21(28-25(32)19-8-11-22(35-3)12-9-19)10-13-24(23)30-14-16-31(17-15-30)26(33)20-6-7-20/h8-13,18,20H,4-7,14-17H2,1-3H3,(H,28,32). The third-order valence-corrected chi connectivity index (χ3v) is 6.75. The number of ether oxygens (including phenoxy) is 1. The number of piperazine rings is 1. The Bertz CT molecular complexity index is 1070. The molecule has 8 nitrogen and oxygen atoms in total. The second kappa shape index (κ2) is 10.8. The first kappa shape index (κ1) is 24.6. The van der Waals surface area contributed by atoms with Crippen LogP contribution >= 0.6 is 0 Å².